The second kappa shape index (κ2) is 14.8. The third kappa shape index (κ3) is 9.96. The zero-order chi connectivity index (χ0) is 26.6. The van der Waals surface area contributed by atoms with Gasteiger partial charge in [0.15, 0.2) is 0 Å². The van der Waals surface area contributed by atoms with Crippen LogP contribution in [0, 0.1) is 0 Å². The maximum Gasteiger partial charge on any atom is 0.408 e. The van der Waals surface area contributed by atoms with Crippen molar-refractivity contribution in [2.24, 2.45) is 0 Å². The molecule has 196 valence electrons. The van der Waals surface area contributed by atoms with E-state index < -0.39 is 29.7 Å². The molecule has 0 bridgehead atoms. The molecule has 3 amide bonds. The lowest BCUT2D eigenvalue weighted by molar-refractivity contribution is -0.144. The number of carbonyl (C=O) groups is 3. The summed E-state index contributed by atoms with van der Waals surface area (Å²) >= 11 is 4.32. The molecule has 1 rings (SSSR count). The Morgan fingerprint density at radius 3 is 2.43 bits per heavy atom. The van der Waals surface area contributed by atoms with Crippen LogP contribution in [0.2, 0.25) is 0 Å². The fourth-order valence-electron chi connectivity index (χ4n) is 3.59. The van der Waals surface area contributed by atoms with Gasteiger partial charge in [0.2, 0.25) is 11.8 Å². The van der Waals surface area contributed by atoms with Crippen molar-refractivity contribution in [1.29, 1.82) is 0 Å². The number of nitrogens with one attached hydrogen (secondary N) is 2. The highest BCUT2D eigenvalue weighted by Crippen LogP contribution is 2.27. The van der Waals surface area contributed by atoms with Gasteiger partial charge in [0.25, 0.3) is 0 Å². The van der Waals surface area contributed by atoms with Crippen molar-refractivity contribution in [2.75, 3.05) is 12.3 Å². The smallest absolute Gasteiger partial charge is 0.408 e. The van der Waals surface area contributed by atoms with Crippen LogP contribution in [0.1, 0.15) is 84.4 Å². The van der Waals surface area contributed by atoms with E-state index in [0.717, 1.165) is 24.8 Å². The normalized spacial score (nSPS) is 13.8. The van der Waals surface area contributed by atoms with Gasteiger partial charge in [-0.15, -0.1) is 0 Å². The molecular weight excluding hydrogens is 462 g/mol. The minimum Gasteiger partial charge on any atom is -0.444 e. The average Bonchev–Trinajstić information content (AvgIpc) is 2.81. The fourth-order valence-corrected chi connectivity index (χ4v) is 3.84. The number of carbonyl (C=O) groups excluding carboxylic acids is 3. The van der Waals surface area contributed by atoms with Crippen molar-refractivity contribution in [3.05, 3.63) is 42.0 Å². The number of ether oxygens (including phenoxy) is 1. The van der Waals surface area contributed by atoms with E-state index in [-0.39, 0.29) is 17.7 Å². The molecule has 0 aliphatic carbocycles. The Balaban J connectivity index is 3.40. The molecule has 0 radical (unpaired) electrons. The Morgan fingerprint density at radius 1 is 1.20 bits per heavy atom. The van der Waals surface area contributed by atoms with Crippen LogP contribution in [-0.2, 0) is 14.3 Å². The summed E-state index contributed by atoms with van der Waals surface area (Å²) < 4.78 is 5.34. The zero-order valence-corrected chi connectivity index (χ0v) is 23.0. The van der Waals surface area contributed by atoms with E-state index in [1.165, 1.54) is 0 Å². The summed E-state index contributed by atoms with van der Waals surface area (Å²) in [6.45, 7) is 15.6. The van der Waals surface area contributed by atoms with Gasteiger partial charge in [0.1, 0.15) is 17.7 Å². The van der Waals surface area contributed by atoms with Gasteiger partial charge in [0, 0.05) is 18.3 Å². The topological polar surface area (TPSA) is 87.7 Å². The minimum atomic E-state index is -0.958. The number of amides is 3. The second-order valence-electron chi connectivity index (χ2n) is 9.66. The number of alkyl carbamates (subject to hydrolysis) is 1. The predicted molar refractivity (Wildman–Crippen MR) is 145 cm³/mol. The molecule has 0 aliphatic rings. The monoisotopic (exact) mass is 505 g/mol. The van der Waals surface area contributed by atoms with Crippen LogP contribution in [0.25, 0.3) is 6.08 Å². The first kappa shape index (κ1) is 30.6. The number of hydrogen-bond acceptors (Lipinski definition) is 5. The SMILES string of the molecule is C=Cc1cccc(C(C(=O)NCCCCC)N(C(=O)C(CS)NC(=O)OC(C)(C)C)C(C)CC)c1. The number of nitrogens with zero attached hydrogens (tertiary/aromatic N) is 1. The first-order chi connectivity index (χ1) is 16.5. The van der Waals surface area contributed by atoms with Gasteiger partial charge in [0.05, 0.1) is 0 Å². The van der Waals surface area contributed by atoms with Gasteiger partial charge in [-0.1, -0.05) is 57.5 Å². The maximum atomic E-state index is 13.8. The summed E-state index contributed by atoms with van der Waals surface area (Å²) in [5.74, 6) is -0.591. The summed E-state index contributed by atoms with van der Waals surface area (Å²) in [4.78, 5) is 41.4. The van der Waals surface area contributed by atoms with E-state index in [0.29, 0.717) is 18.5 Å². The molecule has 3 atom stereocenters. The Kier molecular flexibility index (Phi) is 12.9. The van der Waals surface area contributed by atoms with Crippen LogP contribution >= 0.6 is 12.6 Å². The standard InChI is InChI=1S/C27H43N3O4S/c1-8-11-12-16-28-24(31)23(21-15-13-14-20(10-3)17-21)30(19(4)9-2)25(32)22(18-35)29-26(33)34-27(5,6)7/h10,13-15,17,19,22-23,35H,3,8-9,11-12,16,18H2,1-2,4-7H3,(H,28,31)(H,29,33). The highest BCUT2D eigenvalue weighted by Gasteiger charge is 2.38. The van der Waals surface area contributed by atoms with Crippen LogP contribution in [0.4, 0.5) is 4.79 Å². The number of hydrogen-bond donors (Lipinski definition) is 3. The van der Waals surface area contributed by atoms with Gasteiger partial charge < -0.3 is 20.3 Å². The molecule has 7 nitrogen and oxygen atoms in total. The minimum absolute atomic E-state index is 0.0581. The third-order valence-corrected chi connectivity index (χ3v) is 5.93. The molecular formula is C27H43N3O4S. The summed E-state index contributed by atoms with van der Waals surface area (Å²) in [6, 6.07) is 5.33. The Labute approximate surface area is 216 Å². The highest BCUT2D eigenvalue weighted by atomic mass is 32.1. The van der Waals surface area contributed by atoms with E-state index >= 15 is 0 Å². The van der Waals surface area contributed by atoms with Gasteiger partial charge >= 0.3 is 6.09 Å². The van der Waals surface area contributed by atoms with Crippen LogP contribution in [-0.4, -0.2) is 52.8 Å². The fraction of sp³-hybridized carbons (Fsp3) is 0.593. The molecule has 0 saturated carbocycles. The van der Waals surface area contributed by atoms with E-state index in [1.807, 2.05) is 38.1 Å². The van der Waals surface area contributed by atoms with Gasteiger partial charge in [-0.3, -0.25) is 9.59 Å². The molecule has 0 aromatic heterocycles. The third-order valence-electron chi connectivity index (χ3n) is 5.56. The first-order valence-corrected chi connectivity index (χ1v) is 13.0. The summed E-state index contributed by atoms with van der Waals surface area (Å²) in [5.41, 5.74) is 0.816. The largest absolute Gasteiger partial charge is 0.444 e. The summed E-state index contributed by atoms with van der Waals surface area (Å²) in [6.07, 6.45) is 4.53. The van der Waals surface area contributed by atoms with Gasteiger partial charge in [-0.25, -0.2) is 4.79 Å². The lowest BCUT2D eigenvalue weighted by Gasteiger charge is -2.38. The second-order valence-corrected chi connectivity index (χ2v) is 10.0. The first-order valence-electron chi connectivity index (χ1n) is 12.4. The molecule has 3 unspecified atom stereocenters. The van der Waals surface area contributed by atoms with Crippen molar-refractivity contribution in [3.63, 3.8) is 0 Å². The quantitative estimate of drug-likeness (QED) is 0.256. The van der Waals surface area contributed by atoms with Crippen molar-refractivity contribution < 1.29 is 19.1 Å². The molecule has 8 heteroatoms. The van der Waals surface area contributed by atoms with Gasteiger partial charge in [-0.05, 0) is 57.7 Å². The predicted octanol–water partition coefficient (Wildman–Crippen LogP) is 5.13. The Morgan fingerprint density at radius 2 is 1.89 bits per heavy atom. The van der Waals surface area contributed by atoms with Crippen molar-refractivity contribution in [1.82, 2.24) is 15.5 Å². The number of benzene rings is 1. The lowest BCUT2D eigenvalue weighted by Crippen LogP contribution is -2.56. The molecule has 0 fully saturated rings. The van der Waals surface area contributed by atoms with E-state index in [4.69, 9.17) is 4.74 Å². The van der Waals surface area contributed by atoms with Crippen LogP contribution in [0.5, 0.6) is 0 Å². The average molecular weight is 506 g/mol. The van der Waals surface area contributed by atoms with E-state index in [2.05, 4.69) is 36.8 Å². The van der Waals surface area contributed by atoms with Crippen LogP contribution in [0.15, 0.2) is 30.8 Å². The molecule has 1 aromatic rings. The number of rotatable bonds is 13. The molecule has 2 N–H and O–H groups in total. The Hall–Kier alpha value is -2.48. The van der Waals surface area contributed by atoms with E-state index in [1.54, 1.807) is 31.7 Å². The maximum absolute atomic E-state index is 13.8. The highest BCUT2D eigenvalue weighted by molar-refractivity contribution is 7.80. The van der Waals surface area contributed by atoms with Crippen molar-refractivity contribution >= 4 is 36.6 Å². The number of unbranched alkanes of at least 4 members (excludes halogenated alkanes) is 2. The Bertz CT molecular complexity index is 853. The molecule has 0 aliphatic heterocycles. The van der Waals surface area contributed by atoms with Crippen molar-refractivity contribution in [3.8, 4) is 0 Å². The lowest BCUT2D eigenvalue weighted by atomic mass is 9.98. The molecule has 0 spiro atoms. The molecule has 0 saturated heterocycles. The summed E-state index contributed by atoms with van der Waals surface area (Å²) in [5, 5.41) is 5.64. The van der Waals surface area contributed by atoms with Crippen molar-refractivity contribution in [2.45, 2.75) is 91.0 Å². The molecule has 35 heavy (non-hydrogen) atoms. The number of thiol groups is 1. The van der Waals surface area contributed by atoms with E-state index in [9.17, 15) is 14.4 Å². The zero-order valence-electron chi connectivity index (χ0n) is 22.1. The van der Waals surface area contributed by atoms with Crippen LogP contribution < -0.4 is 10.6 Å². The molecule has 1 aromatic carbocycles. The molecule has 0 heterocycles. The van der Waals surface area contributed by atoms with Crippen LogP contribution in [0.3, 0.4) is 0 Å². The van der Waals surface area contributed by atoms with Gasteiger partial charge in [-0.2, -0.15) is 12.6 Å². The summed E-state index contributed by atoms with van der Waals surface area (Å²) in [7, 11) is 0.